The second-order valence-electron chi connectivity index (χ2n) is 4.86. The van der Waals surface area contributed by atoms with Crippen LogP contribution in [0.3, 0.4) is 0 Å². The predicted molar refractivity (Wildman–Crippen MR) is 71.2 cm³/mol. The molecular weight excluding hydrogens is 265 g/mol. The van der Waals surface area contributed by atoms with Gasteiger partial charge in [0.25, 0.3) is 0 Å². The van der Waals surface area contributed by atoms with Crippen molar-refractivity contribution in [1.82, 2.24) is 4.98 Å². The molecule has 2 rings (SSSR count). The van der Waals surface area contributed by atoms with Gasteiger partial charge in [-0.25, -0.2) is 0 Å². The normalized spacial score (nSPS) is 13.3. The quantitative estimate of drug-likeness (QED) is 0.909. The van der Waals surface area contributed by atoms with Crippen LogP contribution >= 0.6 is 0 Å². The van der Waals surface area contributed by atoms with Crippen LogP contribution in [0.4, 0.5) is 13.2 Å². The summed E-state index contributed by atoms with van der Waals surface area (Å²) in [5.74, 6) is 0. The van der Waals surface area contributed by atoms with Crippen molar-refractivity contribution in [2.24, 2.45) is 5.73 Å². The Morgan fingerprint density at radius 2 is 1.70 bits per heavy atom. The van der Waals surface area contributed by atoms with Gasteiger partial charge in [0, 0.05) is 18.0 Å². The maximum absolute atomic E-state index is 13.0. The summed E-state index contributed by atoms with van der Waals surface area (Å²) in [6, 6.07) is 5.65. The van der Waals surface area contributed by atoms with E-state index in [9.17, 15) is 13.2 Å². The minimum atomic E-state index is -4.44. The Morgan fingerprint density at radius 1 is 1.10 bits per heavy atom. The van der Waals surface area contributed by atoms with Crippen LogP contribution in [-0.4, -0.2) is 4.98 Å². The van der Waals surface area contributed by atoms with E-state index in [1.165, 1.54) is 6.20 Å². The topological polar surface area (TPSA) is 38.9 Å². The number of nitrogens with two attached hydrogens (primary N) is 1. The molecule has 1 aromatic heterocycles. The van der Waals surface area contributed by atoms with Crippen LogP contribution in [0.2, 0.25) is 0 Å². The lowest BCUT2D eigenvalue weighted by atomic mass is 9.94. The molecule has 1 unspecified atom stereocenters. The summed E-state index contributed by atoms with van der Waals surface area (Å²) in [5.41, 5.74) is 7.85. The number of pyridine rings is 1. The number of nitrogens with zero attached hydrogens (tertiary/aromatic N) is 1. The molecule has 5 heteroatoms. The molecule has 0 aliphatic rings. The van der Waals surface area contributed by atoms with E-state index >= 15 is 0 Å². The Morgan fingerprint density at radius 3 is 2.25 bits per heavy atom. The summed E-state index contributed by atoms with van der Waals surface area (Å²) >= 11 is 0. The summed E-state index contributed by atoms with van der Waals surface area (Å²) in [6.45, 7) is 3.77. The molecule has 0 bridgehead atoms. The third-order valence-electron chi connectivity index (χ3n) is 3.10. The highest BCUT2D eigenvalue weighted by molar-refractivity contribution is 5.39. The number of aromatic nitrogens is 1. The van der Waals surface area contributed by atoms with Crippen LogP contribution in [-0.2, 0) is 6.18 Å². The predicted octanol–water partition coefficient (Wildman–Crippen LogP) is 3.77. The Balaban J connectivity index is 2.51. The third kappa shape index (κ3) is 2.99. The summed E-state index contributed by atoms with van der Waals surface area (Å²) in [5, 5.41) is 0. The van der Waals surface area contributed by atoms with Gasteiger partial charge in [-0.1, -0.05) is 29.3 Å². The molecule has 0 saturated heterocycles. The zero-order valence-corrected chi connectivity index (χ0v) is 11.2. The van der Waals surface area contributed by atoms with Crippen molar-refractivity contribution >= 4 is 0 Å². The molecule has 0 aliphatic carbocycles. The van der Waals surface area contributed by atoms with Crippen LogP contribution in [0.5, 0.6) is 0 Å². The molecule has 1 atom stereocenters. The van der Waals surface area contributed by atoms with Crippen LogP contribution in [0.15, 0.2) is 36.7 Å². The number of benzene rings is 1. The van der Waals surface area contributed by atoms with Crippen LogP contribution in [0.1, 0.15) is 33.9 Å². The highest BCUT2D eigenvalue weighted by Gasteiger charge is 2.34. The summed E-state index contributed by atoms with van der Waals surface area (Å²) in [7, 11) is 0. The molecule has 0 radical (unpaired) electrons. The molecule has 2 nitrogen and oxygen atoms in total. The molecule has 2 N–H and O–H groups in total. The van der Waals surface area contributed by atoms with Crippen molar-refractivity contribution < 1.29 is 13.2 Å². The van der Waals surface area contributed by atoms with Crippen LogP contribution in [0.25, 0.3) is 0 Å². The van der Waals surface area contributed by atoms with Gasteiger partial charge in [0.1, 0.15) is 0 Å². The van der Waals surface area contributed by atoms with Gasteiger partial charge < -0.3 is 5.73 Å². The van der Waals surface area contributed by atoms with E-state index in [-0.39, 0.29) is 5.56 Å². The number of halogens is 3. The second kappa shape index (κ2) is 5.25. The van der Waals surface area contributed by atoms with E-state index in [1.54, 1.807) is 12.1 Å². The molecule has 1 aromatic carbocycles. The summed E-state index contributed by atoms with van der Waals surface area (Å²) < 4.78 is 39.0. The standard InChI is InChI=1S/C15H15F3N2/c1-9-5-10(2)7-11(6-9)14(19)12-8-20-4-3-13(12)15(16,17)18/h3-8,14H,19H2,1-2H3. The van der Waals surface area contributed by atoms with Crippen molar-refractivity contribution in [3.05, 3.63) is 64.5 Å². The molecule has 0 fully saturated rings. The Kier molecular flexibility index (Phi) is 3.81. The second-order valence-corrected chi connectivity index (χ2v) is 4.86. The Hall–Kier alpha value is -1.88. The number of hydrogen-bond donors (Lipinski definition) is 1. The molecule has 0 aliphatic heterocycles. The highest BCUT2D eigenvalue weighted by Crippen LogP contribution is 2.35. The lowest BCUT2D eigenvalue weighted by Gasteiger charge is -2.19. The Labute approximate surface area is 115 Å². The average molecular weight is 280 g/mol. The smallest absolute Gasteiger partial charge is 0.320 e. The van der Waals surface area contributed by atoms with Crippen molar-refractivity contribution in [2.75, 3.05) is 0 Å². The molecule has 1 heterocycles. The lowest BCUT2D eigenvalue weighted by molar-refractivity contribution is -0.138. The van der Waals surface area contributed by atoms with E-state index < -0.39 is 17.8 Å². The van der Waals surface area contributed by atoms with Crippen LogP contribution in [0, 0.1) is 13.8 Å². The first kappa shape index (κ1) is 14.5. The van der Waals surface area contributed by atoms with E-state index in [0.717, 1.165) is 23.4 Å². The Bertz CT molecular complexity index is 601. The highest BCUT2D eigenvalue weighted by atomic mass is 19.4. The van der Waals surface area contributed by atoms with Gasteiger partial charge in [0.15, 0.2) is 0 Å². The average Bonchev–Trinajstić information content (AvgIpc) is 2.35. The summed E-state index contributed by atoms with van der Waals surface area (Å²) in [4.78, 5) is 3.77. The zero-order valence-electron chi connectivity index (χ0n) is 11.2. The van der Waals surface area contributed by atoms with E-state index in [4.69, 9.17) is 5.73 Å². The van der Waals surface area contributed by atoms with E-state index in [1.807, 2.05) is 19.9 Å². The maximum Gasteiger partial charge on any atom is 0.416 e. The van der Waals surface area contributed by atoms with Crippen molar-refractivity contribution in [2.45, 2.75) is 26.1 Å². The zero-order chi connectivity index (χ0) is 14.9. The first-order chi connectivity index (χ1) is 9.29. The van der Waals surface area contributed by atoms with Crippen molar-refractivity contribution in [3.63, 3.8) is 0 Å². The third-order valence-corrected chi connectivity index (χ3v) is 3.10. The van der Waals surface area contributed by atoms with Crippen molar-refractivity contribution in [1.29, 1.82) is 0 Å². The van der Waals surface area contributed by atoms with Gasteiger partial charge >= 0.3 is 6.18 Å². The first-order valence-electron chi connectivity index (χ1n) is 6.14. The maximum atomic E-state index is 13.0. The number of alkyl halides is 3. The molecule has 106 valence electrons. The minimum absolute atomic E-state index is 0.00926. The van der Waals surface area contributed by atoms with Gasteiger partial charge in [-0.15, -0.1) is 0 Å². The number of aryl methyl sites for hydroxylation is 2. The molecule has 0 saturated carbocycles. The fourth-order valence-corrected chi connectivity index (χ4v) is 2.28. The first-order valence-corrected chi connectivity index (χ1v) is 6.14. The largest absolute Gasteiger partial charge is 0.416 e. The fraction of sp³-hybridized carbons (Fsp3) is 0.267. The van der Waals surface area contributed by atoms with Gasteiger partial charge in [-0.3, -0.25) is 4.98 Å². The number of rotatable bonds is 2. The molecule has 0 spiro atoms. The van der Waals surface area contributed by atoms with Crippen LogP contribution < -0.4 is 5.73 Å². The van der Waals surface area contributed by atoms with Gasteiger partial charge in [-0.05, 0) is 25.5 Å². The van der Waals surface area contributed by atoms with E-state index in [0.29, 0.717) is 5.56 Å². The van der Waals surface area contributed by atoms with Gasteiger partial charge in [-0.2, -0.15) is 13.2 Å². The SMILES string of the molecule is Cc1cc(C)cc(C(N)c2cnccc2C(F)(F)F)c1. The summed E-state index contributed by atoms with van der Waals surface area (Å²) in [6.07, 6.45) is -2.12. The molecule has 0 amide bonds. The van der Waals surface area contributed by atoms with Gasteiger partial charge in [0.05, 0.1) is 11.6 Å². The lowest BCUT2D eigenvalue weighted by Crippen LogP contribution is -2.19. The van der Waals surface area contributed by atoms with Gasteiger partial charge in [0.2, 0.25) is 0 Å². The molecular formula is C15H15F3N2. The fourth-order valence-electron chi connectivity index (χ4n) is 2.28. The molecule has 2 aromatic rings. The van der Waals surface area contributed by atoms with Crippen molar-refractivity contribution in [3.8, 4) is 0 Å². The molecule has 20 heavy (non-hydrogen) atoms. The van der Waals surface area contributed by atoms with E-state index in [2.05, 4.69) is 4.98 Å². The number of hydrogen-bond acceptors (Lipinski definition) is 2. The minimum Gasteiger partial charge on any atom is -0.320 e. The monoisotopic (exact) mass is 280 g/mol.